The molecule has 0 radical (unpaired) electrons. The van der Waals surface area contributed by atoms with Crippen LogP contribution in [0.3, 0.4) is 0 Å². The predicted molar refractivity (Wildman–Crippen MR) is 132 cm³/mol. The van der Waals surface area contributed by atoms with Crippen LogP contribution in [0.5, 0.6) is 0 Å². The number of rotatable bonds is 8. The van der Waals surface area contributed by atoms with Gasteiger partial charge in [-0.15, -0.1) is 5.10 Å². The summed E-state index contributed by atoms with van der Waals surface area (Å²) >= 11 is 0. The van der Waals surface area contributed by atoms with E-state index in [1.54, 1.807) is 0 Å². The lowest BCUT2D eigenvalue weighted by atomic mass is 10.0. The molecule has 1 aromatic carbocycles. The third-order valence-electron chi connectivity index (χ3n) is 7.54. The Morgan fingerprint density at radius 3 is 2.74 bits per heavy atom. The summed E-state index contributed by atoms with van der Waals surface area (Å²) in [6.45, 7) is 8.45. The normalized spacial score (nSPS) is 20.1. The van der Waals surface area contributed by atoms with Crippen molar-refractivity contribution in [3.63, 3.8) is 0 Å². The van der Waals surface area contributed by atoms with Crippen LogP contribution in [0, 0.1) is 13.8 Å². The van der Waals surface area contributed by atoms with Crippen molar-refractivity contribution >= 4 is 10.9 Å². The van der Waals surface area contributed by atoms with Crippen LogP contribution >= 0.6 is 0 Å². The number of aryl methyl sites for hydroxylation is 2. The molecule has 5 rings (SSSR count). The summed E-state index contributed by atoms with van der Waals surface area (Å²) in [5, 5.41) is 14.1. The molecule has 2 aromatic heterocycles. The van der Waals surface area contributed by atoms with Crippen LogP contribution in [0.2, 0.25) is 0 Å². The van der Waals surface area contributed by atoms with Gasteiger partial charge in [0.05, 0.1) is 18.2 Å². The summed E-state index contributed by atoms with van der Waals surface area (Å²) in [4.78, 5) is 18.6. The van der Waals surface area contributed by atoms with E-state index in [0.717, 1.165) is 73.1 Å². The SMILES string of the molecule is CC[C@@H](c1nnnn1C1CCCC1)N(Cc1cc2c(C)cc(C)cc2[nH]c1=O)C[C@H]1CCCO1. The van der Waals surface area contributed by atoms with Gasteiger partial charge >= 0.3 is 0 Å². The van der Waals surface area contributed by atoms with Gasteiger partial charge in [0.2, 0.25) is 0 Å². The molecule has 2 aliphatic rings. The van der Waals surface area contributed by atoms with Crippen LogP contribution in [-0.4, -0.2) is 49.3 Å². The van der Waals surface area contributed by atoms with Gasteiger partial charge in [0.15, 0.2) is 5.82 Å². The third kappa shape index (κ3) is 4.66. The van der Waals surface area contributed by atoms with Gasteiger partial charge in [0.25, 0.3) is 5.56 Å². The molecule has 1 saturated heterocycles. The molecule has 0 spiro atoms. The van der Waals surface area contributed by atoms with E-state index in [9.17, 15) is 4.79 Å². The molecule has 0 amide bonds. The van der Waals surface area contributed by atoms with Gasteiger partial charge in [-0.05, 0) is 79.6 Å². The number of pyridine rings is 1. The molecular weight excluding hydrogens is 428 g/mol. The number of H-pyrrole nitrogens is 1. The number of hydrogen-bond acceptors (Lipinski definition) is 6. The number of nitrogens with one attached hydrogen (secondary N) is 1. The Hall–Kier alpha value is -2.58. The molecule has 3 aromatic rings. The second kappa shape index (κ2) is 9.96. The van der Waals surface area contributed by atoms with Gasteiger partial charge < -0.3 is 9.72 Å². The van der Waals surface area contributed by atoms with Crippen LogP contribution in [0.15, 0.2) is 23.0 Å². The minimum Gasteiger partial charge on any atom is -0.377 e. The third-order valence-corrected chi connectivity index (χ3v) is 7.54. The summed E-state index contributed by atoms with van der Waals surface area (Å²) in [6.07, 6.45) is 7.89. The average Bonchev–Trinajstić information content (AvgIpc) is 3.58. The fraction of sp³-hybridized carbons (Fsp3) is 0.615. The monoisotopic (exact) mass is 464 g/mol. The Kier molecular flexibility index (Phi) is 6.79. The van der Waals surface area contributed by atoms with E-state index >= 15 is 0 Å². The lowest BCUT2D eigenvalue weighted by molar-refractivity contribution is 0.0484. The lowest BCUT2D eigenvalue weighted by Gasteiger charge is -2.32. The molecule has 2 fully saturated rings. The minimum atomic E-state index is -0.0277. The highest BCUT2D eigenvalue weighted by Gasteiger charge is 2.31. The fourth-order valence-electron chi connectivity index (χ4n) is 5.84. The zero-order valence-electron chi connectivity index (χ0n) is 20.6. The number of benzene rings is 1. The summed E-state index contributed by atoms with van der Waals surface area (Å²) < 4.78 is 8.07. The van der Waals surface area contributed by atoms with Crippen LogP contribution in [0.25, 0.3) is 10.9 Å². The molecule has 1 aliphatic heterocycles. The van der Waals surface area contributed by atoms with Gasteiger partial charge in [0, 0.05) is 36.2 Å². The predicted octanol–water partition coefficient (Wildman–Crippen LogP) is 4.38. The molecule has 2 atom stereocenters. The molecule has 1 N–H and O–H groups in total. The van der Waals surface area contributed by atoms with Gasteiger partial charge in [-0.3, -0.25) is 9.69 Å². The maximum absolute atomic E-state index is 13.1. The largest absolute Gasteiger partial charge is 0.377 e. The Balaban J connectivity index is 1.50. The molecule has 34 heavy (non-hydrogen) atoms. The summed E-state index contributed by atoms with van der Waals surface area (Å²) in [6, 6.07) is 6.67. The number of aromatic amines is 1. The number of tetrazole rings is 1. The molecule has 1 aliphatic carbocycles. The van der Waals surface area contributed by atoms with Gasteiger partial charge in [-0.2, -0.15) is 0 Å². The van der Waals surface area contributed by atoms with E-state index in [2.05, 4.69) is 63.0 Å². The molecule has 3 heterocycles. The van der Waals surface area contributed by atoms with E-state index in [1.165, 1.54) is 18.4 Å². The highest BCUT2D eigenvalue weighted by atomic mass is 16.5. The average molecular weight is 465 g/mol. The molecular formula is C26H36N6O2. The van der Waals surface area contributed by atoms with Crippen LogP contribution in [0.4, 0.5) is 0 Å². The van der Waals surface area contributed by atoms with E-state index in [0.29, 0.717) is 12.6 Å². The first-order valence-corrected chi connectivity index (χ1v) is 12.8. The van der Waals surface area contributed by atoms with Crippen molar-refractivity contribution in [2.45, 2.75) is 90.4 Å². The van der Waals surface area contributed by atoms with Crippen molar-refractivity contribution in [3.05, 3.63) is 51.1 Å². The minimum absolute atomic E-state index is 0.0222. The van der Waals surface area contributed by atoms with Crippen molar-refractivity contribution < 1.29 is 4.74 Å². The molecule has 1 saturated carbocycles. The van der Waals surface area contributed by atoms with Crippen LogP contribution in [-0.2, 0) is 11.3 Å². The van der Waals surface area contributed by atoms with E-state index in [4.69, 9.17) is 4.74 Å². The van der Waals surface area contributed by atoms with Crippen molar-refractivity contribution in [1.82, 2.24) is 30.1 Å². The fourth-order valence-corrected chi connectivity index (χ4v) is 5.84. The number of aromatic nitrogens is 5. The first-order chi connectivity index (χ1) is 16.5. The molecule has 8 heteroatoms. The molecule has 0 bridgehead atoms. The number of ether oxygens (including phenoxy) is 1. The first-order valence-electron chi connectivity index (χ1n) is 12.8. The second-order valence-electron chi connectivity index (χ2n) is 10.1. The quantitative estimate of drug-likeness (QED) is 0.532. The second-order valence-corrected chi connectivity index (χ2v) is 10.1. The van der Waals surface area contributed by atoms with Crippen molar-refractivity contribution in [1.29, 1.82) is 0 Å². The Morgan fingerprint density at radius 1 is 1.18 bits per heavy atom. The van der Waals surface area contributed by atoms with E-state index in [1.807, 2.05) is 6.07 Å². The van der Waals surface area contributed by atoms with Gasteiger partial charge in [-0.25, -0.2) is 4.68 Å². The lowest BCUT2D eigenvalue weighted by Crippen LogP contribution is -2.38. The van der Waals surface area contributed by atoms with E-state index in [-0.39, 0.29) is 17.7 Å². The van der Waals surface area contributed by atoms with Crippen LogP contribution < -0.4 is 5.56 Å². The summed E-state index contributed by atoms with van der Waals surface area (Å²) in [7, 11) is 0. The number of fused-ring (bicyclic) bond motifs is 1. The summed E-state index contributed by atoms with van der Waals surface area (Å²) in [5.74, 6) is 0.913. The van der Waals surface area contributed by atoms with Crippen LogP contribution in [0.1, 0.15) is 86.5 Å². The van der Waals surface area contributed by atoms with Gasteiger partial charge in [0.1, 0.15) is 0 Å². The van der Waals surface area contributed by atoms with Gasteiger partial charge in [-0.1, -0.05) is 25.8 Å². The maximum Gasteiger partial charge on any atom is 0.252 e. The Labute approximate surface area is 200 Å². The molecule has 182 valence electrons. The molecule has 8 nitrogen and oxygen atoms in total. The van der Waals surface area contributed by atoms with Crippen molar-refractivity contribution in [3.8, 4) is 0 Å². The van der Waals surface area contributed by atoms with Crippen molar-refractivity contribution in [2.75, 3.05) is 13.2 Å². The highest BCUT2D eigenvalue weighted by Crippen LogP contribution is 2.33. The first kappa shape index (κ1) is 23.2. The number of nitrogens with zero attached hydrogens (tertiary/aromatic N) is 5. The van der Waals surface area contributed by atoms with Crippen molar-refractivity contribution in [2.24, 2.45) is 0 Å². The standard InChI is InChI=1S/C26H36N6O2/c1-4-24(25-28-29-30-32(25)20-8-5-6-9-20)31(16-21-10-7-11-34-21)15-19-14-22-18(3)12-17(2)13-23(22)27-26(19)33/h12-14,20-21,24H,4-11,15-16H2,1-3H3,(H,27,33)/t21-,24+/m1/s1. The zero-order chi connectivity index (χ0) is 23.7. The zero-order valence-corrected chi connectivity index (χ0v) is 20.6. The Bertz CT molecular complexity index is 1190. The maximum atomic E-state index is 13.1. The van der Waals surface area contributed by atoms with E-state index < -0.39 is 0 Å². The molecule has 0 unspecified atom stereocenters. The smallest absolute Gasteiger partial charge is 0.252 e. The topological polar surface area (TPSA) is 88.9 Å². The Morgan fingerprint density at radius 2 is 2.00 bits per heavy atom. The summed E-state index contributed by atoms with van der Waals surface area (Å²) in [5.41, 5.74) is 3.97. The highest BCUT2D eigenvalue weighted by molar-refractivity contribution is 5.83. The number of hydrogen-bond donors (Lipinski definition) is 1.